The summed E-state index contributed by atoms with van der Waals surface area (Å²) in [5.74, 6) is 1.44. The molecular weight excluding hydrogens is 369 g/mol. The molecule has 0 aliphatic heterocycles. The second kappa shape index (κ2) is 6.14. The number of imidazole rings is 1. The number of hydrogen-bond donors (Lipinski definition) is 0. The van der Waals surface area contributed by atoms with E-state index in [4.69, 9.17) is 32.9 Å². The van der Waals surface area contributed by atoms with Crippen LogP contribution >= 0.6 is 23.2 Å². The van der Waals surface area contributed by atoms with Gasteiger partial charge in [-0.25, -0.2) is 4.98 Å². The summed E-state index contributed by atoms with van der Waals surface area (Å²) in [6, 6.07) is 8.59. The van der Waals surface area contributed by atoms with Gasteiger partial charge in [0.1, 0.15) is 5.52 Å². The Morgan fingerprint density at radius 1 is 1.08 bits per heavy atom. The predicted octanol–water partition coefficient (Wildman–Crippen LogP) is 5.77. The van der Waals surface area contributed by atoms with Crippen LogP contribution in [0.1, 0.15) is 31.7 Å². The van der Waals surface area contributed by atoms with Gasteiger partial charge >= 0.3 is 0 Å². The molecule has 0 N–H and O–H groups in total. The fourth-order valence-electron chi connectivity index (χ4n) is 3.99. The standard InChI is InChI=1S/C20H19Cl2N3O/c1-26-20-24-17-15(14-7-6-13(21)10-16(14)22)8-9-23-19(17)25(20)18(11-2-3-11)12-4-5-12/h6-12,18H,2-5H2,1H3. The van der Waals surface area contributed by atoms with Gasteiger partial charge in [-0.05, 0) is 55.7 Å². The summed E-state index contributed by atoms with van der Waals surface area (Å²) < 4.78 is 7.90. The summed E-state index contributed by atoms with van der Waals surface area (Å²) in [4.78, 5) is 9.47. The first-order chi connectivity index (χ1) is 12.7. The van der Waals surface area contributed by atoms with Gasteiger partial charge < -0.3 is 4.74 Å². The molecule has 2 saturated carbocycles. The van der Waals surface area contributed by atoms with Gasteiger partial charge in [-0.1, -0.05) is 29.3 Å². The molecule has 3 aromatic rings. The quantitative estimate of drug-likeness (QED) is 0.557. The van der Waals surface area contributed by atoms with Gasteiger partial charge in [-0.15, -0.1) is 0 Å². The zero-order valence-corrected chi connectivity index (χ0v) is 16.0. The highest BCUT2D eigenvalue weighted by Gasteiger charge is 2.44. The van der Waals surface area contributed by atoms with Crippen LogP contribution in [0.3, 0.4) is 0 Å². The highest BCUT2D eigenvalue weighted by Crippen LogP contribution is 2.54. The van der Waals surface area contributed by atoms with Gasteiger partial charge in [0.25, 0.3) is 6.01 Å². The van der Waals surface area contributed by atoms with E-state index in [0.29, 0.717) is 22.1 Å². The van der Waals surface area contributed by atoms with Gasteiger partial charge in [0, 0.05) is 33.4 Å². The van der Waals surface area contributed by atoms with Crippen molar-refractivity contribution in [2.75, 3.05) is 7.11 Å². The lowest BCUT2D eigenvalue weighted by Gasteiger charge is -2.19. The average Bonchev–Trinajstić information content (AvgIpc) is 3.54. The van der Waals surface area contributed by atoms with Crippen molar-refractivity contribution in [2.45, 2.75) is 31.7 Å². The number of hydrogen-bond acceptors (Lipinski definition) is 3. The fraction of sp³-hybridized carbons (Fsp3) is 0.400. The van der Waals surface area contributed by atoms with Crippen LogP contribution < -0.4 is 4.74 Å². The molecule has 2 aliphatic rings. The van der Waals surface area contributed by atoms with Crippen molar-refractivity contribution >= 4 is 34.4 Å². The Kier molecular flexibility index (Phi) is 3.87. The van der Waals surface area contributed by atoms with Gasteiger partial charge in [-0.2, -0.15) is 4.98 Å². The summed E-state index contributed by atoms with van der Waals surface area (Å²) in [5, 5.41) is 1.23. The zero-order chi connectivity index (χ0) is 17.8. The lowest BCUT2D eigenvalue weighted by Crippen LogP contribution is -2.15. The molecule has 6 heteroatoms. The fourth-order valence-corrected chi connectivity index (χ4v) is 4.50. The third-order valence-electron chi connectivity index (χ3n) is 5.46. The van der Waals surface area contributed by atoms with E-state index < -0.39 is 0 Å². The number of rotatable bonds is 5. The van der Waals surface area contributed by atoms with Gasteiger partial charge in [0.15, 0.2) is 5.65 Å². The van der Waals surface area contributed by atoms with Crippen molar-refractivity contribution < 1.29 is 4.74 Å². The predicted molar refractivity (Wildman–Crippen MR) is 104 cm³/mol. The smallest absolute Gasteiger partial charge is 0.298 e. The maximum absolute atomic E-state index is 6.46. The zero-order valence-electron chi connectivity index (χ0n) is 14.5. The highest BCUT2D eigenvalue weighted by atomic mass is 35.5. The molecule has 0 saturated heterocycles. The van der Waals surface area contributed by atoms with E-state index in [-0.39, 0.29) is 0 Å². The van der Waals surface area contributed by atoms with Gasteiger partial charge in [-0.3, -0.25) is 4.57 Å². The van der Waals surface area contributed by atoms with E-state index in [1.165, 1.54) is 25.7 Å². The van der Waals surface area contributed by atoms with Crippen LogP contribution in [0, 0.1) is 11.8 Å². The van der Waals surface area contributed by atoms with E-state index in [1.54, 1.807) is 13.2 Å². The first-order valence-electron chi connectivity index (χ1n) is 9.03. The molecule has 5 rings (SSSR count). The maximum atomic E-state index is 6.46. The van der Waals surface area contributed by atoms with Crippen molar-refractivity contribution in [3.63, 3.8) is 0 Å². The van der Waals surface area contributed by atoms with E-state index in [1.807, 2.05) is 24.4 Å². The lowest BCUT2D eigenvalue weighted by atomic mass is 10.1. The Bertz CT molecular complexity index is 980. The number of halogens is 2. The topological polar surface area (TPSA) is 39.9 Å². The highest BCUT2D eigenvalue weighted by molar-refractivity contribution is 6.36. The number of benzene rings is 1. The molecule has 2 aromatic heterocycles. The first-order valence-corrected chi connectivity index (χ1v) is 9.79. The van der Waals surface area contributed by atoms with E-state index in [0.717, 1.165) is 34.1 Å². The van der Waals surface area contributed by atoms with Gasteiger partial charge in [0.05, 0.1) is 7.11 Å². The summed E-state index contributed by atoms with van der Waals surface area (Å²) in [7, 11) is 1.68. The van der Waals surface area contributed by atoms with Crippen molar-refractivity contribution in [1.82, 2.24) is 14.5 Å². The Balaban J connectivity index is 1.72. The minimum Gasteiger partial charge on any atom is -0.468 e. The van der Waals surface area contributed by atoms with Crippen LogP contribution in [0.15, 0.2) is 30.5 Å². The van der Waals surface area contributed by atoms with Crippen molar-refractivity contribution in [3.05, 3.63) is 40.5 Å². The van der Waals surface area contributed by atoms with E-state index >= 15 is 0 Å². The average molecular weight is 388 g/mol. The van der Waals surface area contributed by atoms with Crippen molar-refractivity contribution in [2.24, 2.45) is 11.8 Å². The van der Waals surface area contributed by atoms with Crippen LogP contribution in [-0.4, -0.2) is 21.6 Å². The Hall–Kier alpha value is -1.78. The van der Waals surface area contributed by atoms with Gasteiger partial charge in [0.2, 0.25) is 0 Å². The summed E-state index contributed by atoms with van der Waals surface area (Å²) in [6.45, 7) is 0. The molecule has 2 aliphatic carbocycles. The number of aromatic nitrogens is 3. The minimum atomic E-state index is 0.443. The molecule has 0 spiro atoms. The second-order valence-corrected chi connectivity index (χ2v) is 8.13. The summed E-state index contributed by atoms with van der Waals surface area (Å²) >= 11 is 12.5. The molecule has 0 amide bonds. The third-order valence-corrected chi connectivity index (χ3v) is 6.01. The molecule has 1 aromatic carbocycles. The van der Waals surface area contributed by atoms with E-state index in [2.05, 4.69) is 9.55 Å². The molecular formula is C20H19Cl2N3O. The first kappa shape index (κ1) is 16.4. The normalized spacial score (nSPS) is 17.2. The van der Waals surface area contributed by atoms with Crippen LogP contribution in [-0.2, 0) is 0 Å². The molecule has 4 nitrogen and oxygen atoms in total. The Morgan fingerprint density at radius 3 is 2.42 bits per heavy atom. The number of methoxy groups -OCH3 is 1. The molecule has 134 valence electrons. The largest absolute Gasteiger partial charge is 0.468 e. The number of ether oxygens (including phenoxy) is 1. The third kappa shape index (κ3) is 2.67. The maximum Gasteiger partial charge on any atom is 0.298 e. The number of nitrogens with zero attached hydrogens (tertiary/aromatic N) is 3. The molecule has 2 heterocycles. The molecule has 26 heavy (non-hydrogen) atoms. The molecule has 2 fully saturated rings. The van der Waals surface area contributed by atoms with Crippen LogP contribution in [0.25, 0.3) is 22.3 Å². The van der Waals surface area contributed by atoms with Crippen LogP contribution in [0.4, 0.5) is 0 Å². The summed E-state index contributed by atoms with van der Waals surface area (Å²) in [5.41, 5.74) is 3.58. The van der Waals surface area contributed by atoms with E-state index in [9.17, 15) is 0 Å². The lowest BCUT2D eigenvalue weighted by molar-refractivity contribution is 0.310. The number of pyridine rings is 1. The van der Waals surface area contributed by atoms with Crippen molar-refractivity contribution in [3.8, 4) is 17.1 Å². The Labute approximate surface area is 162 Å². The van der Waals surface area contributed by atoms with Crippen molar-refractivity contribution in [1.29, 1.82) is 0 Å². The van der Waals surface area contributed by atoms with Crippen LogP contribution in [0.5, 0.6) is 6.01 Å². The monoisotopic (exact) mass is 387 g/mol. The summed E-state index contributed by atoms with van der Waals surface area (Å²) in [6.07, 6.45) is 6.97. The molecule has 0 bridgehead atoms. The SMILES string of the molecule is COc1nc2c(-c3ccc(Cl)cc3Cl)ccnc2n1C(C1CC1)C1CC1. The Morgan fingerprint density at radius 2 is 1.81 bits per heavy atom. The minimum absolute atomic E-state index is 0.443. The number of fused-ring (bicyclic) bond motifs is 1. The molecule has 0 atom stereocenters. The molecule has 0 unspecified atom stereocenters. The van der Waals surface area contributed by atoms with Crippen LogP contribution in [0.2, 0.25) is 10.0 Å². The molecule has 0 radical (unpaired) electrons. The second-order valence-electron chi connectivity index (χ2n) is 7.29.